The van der Waals surface area contributed by atoms with Gasteiger partial charge in [-0.3, -0.25) is 9.59 Å². The molecule has 0 spiro atoms. The van der Waals surface area contributed by atoms with Crippen LogP contribution in [0.25, 0.3) is 0 Å². The Balaban J connectivity index is 1.71. The molecule has 1 fully saturated rings. The molecule has 0 radical (unpaired) electrons. The highest BCUT2D eigenvalue weighted by atomic mass is 32.2. The summed E-state index contributed by atoms with van der Waals surface area (Å²) in [5.74, 6) is 0.631. The summed E-state index contributed by atoms with van der Waals surface area (Å²) < 4.78 is 5.60. The van der Waals surface area contributed by atoms with Gasteiger partial charge in [0.25, 0.3) is 5.91 Å². The van der Waals surface area contributed by atoms with Gasteiger partial charge in [-0.25, -0.2) is 0 Å². The first-order valence-electron chi connectivity index (χ1n) is 7.62. The molecule has 2 amide bonds. The van der Waals surface area contributed by atoms with Crippen molar-refractivity contribution in [1.29, 1.82) is 0 Å². The number of thioether (sulfide) groups is 1. The Kier molecular flexibility index (Phi) is 4.69. The van der Waals surface area contributed by atoms with Crippen LogP contribution < -0.4 is 10.6 Å². The Hall–Kier alpha value is -1.53. The zero-order valence-corrected chi connectivity index (χ0v) is 13.4. The van der Waals surface area contributed by atoms with Crippen molar-refractivity contribution >= 4 is 29.3 Å². The smallest absolute Gasteiger partial charge is 0.251 e. The Morgan fingerprint density at radius 1 is 1.50 bits per heavy atom. The summed E-state index contributed by atoms with van der Waals surface area (Å²) in [6.07, 6.45) is 2.63. The summed E-state index contributed by atoms with van der Waals surface area (Å²) in [6, 6.07) is 5.44. The van der Waals surface area contributed by atoms with E-state index in [2.05, 4.69) is 10.6 Å². The van der Waals surface area contributed by atoms with Crippen molar-refractivity contribution in [2.24, 2.45) is 0 Å². The van der Waals surface area contributed by atoms with Gasteiger partial charge < -0.3 is 15.4 Å². The van der Waals surface area contributed by atoms with E-state index in [4.69, 9.17) is 4.74 Å². The van der Waals surface area contributed by atoms with Crippen LogP contribution in [0, 0.1) is 0 Å². The van der Waals surface area contributed by atoms with Gasteiger partial charge in [0, 0.05) is 29.2 Å². The molecular weight excluding hydrogens is 300 g/mol. The fourth-order valence-electron chi connectivity index (χ4n) is 2.74. The van der Waals surface area contributed by atoms with E-state index in [1.165, 1.54) is 0 Å². The normalized spacial score (nSPS) is 22.4. The van der Waals surface area contributed by atoms with Crippen molar-refractivity contribution in [1.82, 2.24) is 5.32 Å². The van der Waals surface area contributed by atoms with Gasteiger partial charge in [-0.1, -0.05) is 0 Å². The maximum atomic E-state index is 12.4. The van der Waals surface area contributed by atoms with E-state index < -0.39 is 0 Å². The Bertz CT molecular complexity index is 585. The predicted molar refractivity (Wildman–Crippen MR) is 86.3 cm³/mol. The molecule has 0 aliphatic carbocycles. The molecule has 5 nitrogen and oxygen atoms in total. The number of carbonyl (C=O) groups is 2. The van der Waals surface area contributed by atoms with E-state index >= 15 is 0 Å². The summed E-state index contributed by atoms with van der Waals surface area (Å²) in [4.78, 5) is 25.0. The number of nitrogens with one attached hydrogen (secondary N) is 2. The van der Waals surface area contributed by atoms with Crippen molar-refractivity contribution in [3.05, 3.63) is 23.8 Å². The molecule has 1 saturated heterocycles. The van der Waals surface area contributed by atoms with E-state index in [0.717, 1.165) is 35.8 Å². The molecule has 118 valence electrons. The second-order valence-corrected chi connectivity index (χ2v) is 6.81. The largest absolute Gasteiger partial charge is 0.376 e. The van der Waals surface area contributed by atoms with Gasteiger partial charge in [0.15, 0.2) is 0 Å². The van der Waals surface area contributed by atoms with Gasteiger partial charge in [-0.15, -0.1) is 11.8 Å². The quantitative estimate of drug-likeness (QED) is 0.897. The highest BCUT2D eigenvalue weighted by molar-refractivity contribution is 7.99. The zero-order valence-electron chi connectivity index (χ0n) is 12.6. The van der Waals surface area contributed by atoms with Crippen molar-refractivity contribution in [3.8, 4) is 0 Å². The Labute approximate surface area is 134 Å². The van der Waals surface area contributed by atoms with Crippen LogP contribution in [0.2, 0.25) is 0 Å². The van der Waals surface area contributed by atoms with Crippen LogP contribution in [0.3, 0.4) is 0 Å². The van der Waals surface area contributed by atoms with Gasteiger partial charge in [0.1, 0.15) is 0 Å². The molecule has 0 aromatic heterocycles. The second-order valence-electron chi connectivity index (χ2n) is 5.67. The molecule has 22 heavy (non-hydrogen) atoms. The lowest BCUT2D eigenvalue weighted by Gasteiger charge is -2.20. The lowest BCUT2D eigenvalue weighted by molar-refractivity contribution is -0.115. The van der Waals surface area contributed by atoms with Crippen molar-refractivity contribution in [3.63, 3.8) is 0 Å². The molecule has 6 heteroatoms. The van der Waals surface area contributed by atoms with Gasteiger partial charge in [0.05, 0.1) is 17.8 Å². The molecule has 1 aromatic rings. The number of hydrogen-bond acceptors (Lipinski definition) is 4. The average molecular weight is 320 g/mol. The fourth-order valence-corrected chi connectivity index (χ4v) is 3.68. The monoisotopic (exact) mass is 320 g/mol. The van der Waals surface area contributed by atoms with Crippen LogP contribution in [0.15, 0.2) is 23.1 Å². The number of fused-ring (bicyclic) bond motifs is 1. The van der Waals surface area contributed by atoms with Crippen molar-refractivity contribution in [2.75, 3.05) is 17.7 Å². The van der Waals surface area contributed by atoms with Gasteiger partial charge in [0.2, 0.25) is 5.91 Å². The molecule has 0 bridgehead atoms. The first-order valence-corrected chi connectivity index (χ1v) is 8.61. The van der Waals surface area contributed by atoms with Crippen LogP contribution in [-0.4, -0.2) is 36.3 Å². The van der Waals surface area contributed by atoms with E-state index in [1.54, 1.807) is 23.9 Å². The van der Waals surface area contributed by atoms with Crippen molar-refractivity contribution < 1.29 is 14.3 Å². The molecule has 2 aliphatic rings. The van der Waals surface area contributed by atoms with Crippen LogP contribution in [-0.2, 0) is 9.53 Å². The highest BCUT2D eigenvalue weighted by Crippen LogP contribution is 2.31. The second kappa shape index (κ2) is 6.71. The summed E-state index contributed by atoms with van der Waals surface area (Å²) in [6.45, 7) is 2.74. The maximum Gasteiger partial charge on any atom is 0.251 e. The van der Waals surface area contributed by atoms with Gasteiger partial charge in [-0.05, 0) is 38.0 Å². The third kappa shape index (κ3) is 3.44. The van der Waals surface area contributed by atoms with E-state index in [-0.39, 0.29) is 24.0 Å². The topological polar surface area (TPSA) is 67.4 Å². The molecule has 2 N–H and O–H groups in total. The predicted octanol–water partition coefficient (Wildman–Crippen LogP) is 2.42. The van der Waals surface area contributed by atoms with Gasteiger partial charge in [-0.2, -0.15) is 0 Å². The highest BCUT2D eigenvalue weighted by Gasteiger charge is 2.24. The number of rotatable bonds is 3. The lowest BCUT2D eigenvalue weighted by atomic mass is 10.1. The summed E-state index contributed by atoms with van der Waals surface area (Å²) in [5, 5.41) is 5.85. The SMILES string of the molecule is C[C@H](NC(=O)c1ccc2c(c1)NC(=O)CCS2)[C@H]1CCCO1. The van der Waals surface area contributed by atoms with E-state index in [9.17, 15) is 9.59 Å². The number of ether oxygens (including phenoxy) is 1. The number of amides is 2. The average Bonchev–Trinajstić information content (AvgIpc) is 2.96. The molecule has 0 unspecified atom stereocenters. The molecule has 0 saturated carbocycles. The summed E-state index contributed by atoms with van der Waals surface area (Å²) in [5.41, 5.74) is 1.29. The number of anilines is 1. The first-order chi connectivity index (χ1) is 10.6. The lowest BCUT2D eigenvalue weighted by Crippen LogP contribution is -2.40. The Morgan fingerprint density at radius 3 is 3.14 bits per heavy atom. The molecule has 2 heterocycles. The molecule has 2 aliphatic heterocycles. The maximum absolute atomic E-state index is 12.4. The number of carbonyl (C=O) groups excluding carboxylic acids is 2. The standard InChI is InChI=1S/C16H20N2O3S/c1-10(13-3-2-7-21-13)17-16(20)11-4-5-14-12(9-11)18-15(19)6-8-22-14/h4-5,9-10,13H,2-3,6-8H2,1H3,(H,17,20)(H,18,19)/t10-,13+/m0/s1. The molecule has 2 atom stereocenters. The van der Waals surface area contributed by atoms with E-state index in [0.29, 0.717) is 12.0 Å². The molecule has 3 rings (SSSR count). The van der Waals surface area contributed by atoms with Crippen LogP contribution >= 0.6 is 11.8 Å². The Morgan fingerprint density at radius 2 is 2.36 bits per heavy atom. The third-order valence-corrected chi connectivity index (χ3v) is 5.06. The number of hydrogen-bond donors (Lipinski definition) is 2. The van der Waals surface area contributed by atoms with E-state index in [1.807, 2.05) is 13.0 Å². The third-order valence-electron chi connectivity index (χ3n) is 3.98. The van der Waals surface area contributed by atoms with Gasteiger partial charge >= 0.3 is 0 Å². The minimum absolute atomic E-state index is 0.00321. The first kappa shape index (κ1) is 15.4. The molecular formula is C16H20N2O3S. The fraction of sp³-hybridized carbons (Fsp3) is 0.500. The summed E-state index contributed by atoms with van der Waals surface area (Å²) in [7, 11) is 0. The zero-order chi connectivity index (χ0) is 15.5. The van der Waals surface area contributed by atoms with Crippen LogP contribution in [0.1, 0.15) is 36.5 Å². The minimum atomic E-state index is -0.130. The van der Waals surface area contributed by atoms with Crippen molar-refractivity contribution in [2.45, 2.75) is 43.2 Å². The minimum Gasteiger partial charge on any atom is -0.376 e. The number of benzene rings is 1. The van der Waals surface area contributed by atoms with Crippen LogP contribution in [0.4, 0.5) is 5.69 Å². The molecule has 1 aromatic carbocycles. The summed E-state index contributed by atoms with van der Waals surface area (Å²) >= 11 is 1.63. The van der Waals surface area contributed by atoms with Crippen LogP contribution in [0.5, 0.6) is 0 Å².